The number of amides is 8. The molecule has 8 amide bonds. The molecule has 0 radical (unpaired) electrons. The van der Waals surface area contributed by atoms with Gasteiger partial charge in [0.15, 0.2) is 0 Å². The second-order valence-electron chi connectivity index (χ2n) is 25.9. The molecule has 10 aromatic rings. The van der Waals surface area contributed by atoms with E-state index in [2.05, 4.69) is 139 Å². The Morgan fingerprint density at radius 2 is 0.857 bits per heavy atom. The molecular weight excluding hydrogens is 1730 g/mol. The summed E-state index contributed by atoms with van der Waals surface area (Å²) in [6.45, 7) is 0.0846. The third-order valence-corrected chi connectivity index (χ3v) is 19.2. The van der Waals surface area contributed by atoms with Crippen molar-refractivity contribution in [2.75, 3.05) is 69.4 Å². The van der Waals surface area contributed by atoms with E-state index in [-0.39, 0.29) is 65.3 Å². The predicted molar refractivity (Wildman–Crippen MR) is 446 cm³/mol. The lowest BCUT2D eigenvalue weighted by atomic mass is 9.98. The largest absolute Gasteiger partial charge is 0.497 e. The van der Waals surface area contributed by atoms with Crippen LogP contribution in [0.25, 0.3) is 33.4 Å². The number of esters is 2. The Bertz CT molecular complexity index is 5630. The molecule has 4 N–H and O–H groups in total. The van der Waals surface area contributed by atoms with E-state index in [1.54, 1.807) is 125 Å². The van der Waals surface area contributed by atoms with Crippen LogP contribution in [0.2, 0.25) is 0 Å². The smallest absolute Gasteiger partial charge is 0.408 e. The molecule has 3 atom stereocenters. The Morgan fingerprint density at radius 1 is 0.479 bits per heavy atom. The lowest BCUT2D eigenvalue weighted by Crippen LogP contribution is -2.60. The fourth-order valence-electron chi connectivity index (χ4n) is 12.1. The van der Waals surface area contributed by atoms with E-state index in [1.807, 2.05) is 69.3 Å². The molecule has 36 heteroatoms. The number of ether oxygens (including phenoxy) is 7. The van der Waals surface area contributed by atoms with Gasteiger partial charge in [-0.1, -0.05) is 62.7 Å². The van der Waals surface area contributed by atoms with E-state index in [4.69, 9.17) is 34.8 Å². The fraction of sp³-hybridized carbons (Fsp3) is 0.253. The molecule has 11 heterocycles. The first-order valence-corrected chi connectivity index (χ1v) is 37.2. The molecule has 7 aromatic heterocycles. The van der Waals surface area contributed by atoms with Crippen molar-refractivity contribution in [1.82, 2.24) is 85.2 Å². The van der Waals surface area contributed by atoms with Gasteiger partial charge >= 0.3 is 30.2 Å². The summed E-state index contributed by atoms with van der Waals surface area (Å²) in [6.07, 6.45) is 28.1. The summed E-state index contributed by atoms with van der Waals surface area (Å²) >= 11 is 9.92. The van der Waals surface area contributed by atoms with Gasteiger partial charge in [0.05, 0.1) is 88.0 Å². The number of fused-ring (bicyclic) bond motifs is 3. The monoisotopic (exact) mass is 1810 g/mol. The Labute approximate surface area is 710 Å². The molecule has 4 aliphatic heterocycles. The van der Waals surface area contributed by atoms with Gasteiger partial charge in [-0.2, -0.15) is 15.3 Å². The highest BCUT2D eigenvalue weighted by atomic mass is 79.9. The quantitative estimate of drug-likeness (QED) is 0.0302. The SMILES string of the molecule is Brc1cncc(Br)c1.C.C.C#C[C@](CN1Cc2ccc(OC)cc2C1=O)(NC(=O)OC)C(=O)OC.COC(=O)N[C@](C#Cc1cncc(-c2cnn(C)c2)c1)(CN1Cc2ccc(OC)cc2C1=O)C(=O)OC.COc1ccc2c(c1)C(=O)N(C[C@@]1(C#Cc3cncc(-c4cnn(C)c4)c3)NC(=O)NC1=O)C2.Cn1cc(-c2cncc(Br)c2)cn1. The van der Waals surface area contributed by atoms with Crippen molar-refractivity contribution in [3.05, 3.63) is 224 Å². The number of carbonyl (C=O) groups excluding carboxylic acids is 9. The van der Waals surface area contributed by atoms with E-state index >= 15 is 0 Å². The number of benzene rings is 3. The lowest BCUT2D eigenvalue weighted by molar-refractivity contribution is -0.147. The van der Waals surface area contributed by atoms with Crippen LogP contribution < -0.4 is 35.5 Å². The Morgan fingerprint density at radius 3 is 1.23 bits per heavy atom. The lowest BCUT2D eigenvalue weighted by Gasteiger charge is -2.30. The number of hydrogen-bond donors (Lipinski definition) is 4. The summed E-state index contributed by atoms with van der Waals surface area (Å²) in [4.78, 5) is 134. The number of pyridine rings is 4. The summed E-state index contributed by atoms with van der Waals surface area (Å²) in [5.41, 5.74) is 4.81. The van der Waals surface area contributed by atoms with Gasteiger partial charge in [0.1, 0.15) is 17.2 Å². The third-order valence-electron chi connectivity index (χ3n) is 17.9. The number of aryl methyl sites for hydroxylation is 3. The summed E-state index contributed by atoms with van der Waals surface area (Å²) in [6, 6.07) is 22.4. The minimum absolute atomic E-state index is 0. The molecule has 0 bridgehead atoms. The van der Waals surface area contributed by atoms with Gasteiger partial charge in [0, 0.05) is 184 Å². The Balaban J connectivity index is 0.000000198. The molecular formula is C83H82Br3N17O16. The molecule has 1 saturated heterocycles. The summed E-state index contributed by atoms with van der Waals surface area (Å²) in [7, 11) is 14.7. The number of hydrogen-bond acceptors (Lipinski definition) is 23. The van der Waals surface area contributed by atoms with Crippen LogP contribution in [0, 0.1) is 36.0 Å². The summed E-state index contributed by atoms with van der Waals surface area (Å²) in [5, 5.41) is 22.0. The third kappa shape index (κ3) is 22.3. The first kappa shape index (κ1) is 90.8. The maximum absolute atomic E-state index is 13.2. The van der Waals surface area contributed by atoms with Crippen molar-refractivity contribution in [3.63, 3.8) is 0 Å². The predicted octanol–water partition coefficient (Wildman–Crippen LogP) is 9.52. The number of nitrogens with one attached hydrogen (secondary N) is 4. The fourth-order valence-corrected chi connectivity index (χ4v) is 13.5. The second kappa shape index (κ2) is 40.7. The maximum Gasteiger partial charge on any atom is 0.408 e. The topological polar surface area (TPSA) is 381 Å². The Kier molecular flexibility index (Phi) is 31.0. The van der Waals surface area contributed by atoms with Crippen LogP contribution in [0.1, 0.15) is 73.7 Å². The molecule has 33 nitrogen and oxygen atoms in total. The van der Waals surface area contributed by atoms with Gasteiger partial charge in [-0.3, -0.25) is 69.1 Å². The van der Waals surface area contributed by atoms with Crippen LogP contribution in [-0.2, 0) is 74.1 Å². The zero-order valence-electron chi connectivity index (χ0n) is 64.4. The van der Waals surface area contributed by atoms with Gasteiger partial charge < -0.3 is 53.2 Å². The number of urea groups is 1. The molecule has 0 unspecified atom stereocenters. The van der Waals surface area contributed by atoms with E-state index in [0.29, 0.717) is 51.6 Å². The van der Waals surface area contributed by atoms with Crippen LogP contribution >= 0.6 is 47.8 Å². The van der Waals surface area contributed by atoms with E-state index in [0.717, 1.165) is 84.8 Å². The normalized spacial score (nSPS) is 14.5. The Hall–Kier alpha value is -13.8. The number of imide groups is 1. The van der Waals surface area contributed by atoms with Crippen molar-refractivity contribution in [2.45, 2.75) is 51.1 Å². The van der Waals surface area contributed by atoms with Crippen molar-refractivity contribution in [3.8, 4) is 86.7 Å². The molecule has 0 spiro atoms. The van der Waals surface area contributed by atoms with Crippen LogP contribution in [0.5, 0.6) is 17.2 Å². The number of halogens is 3. The zero-order chi connectivity index (χ0) is 84.3. The standard InChI is InChI=1S/C26H25N5O6.C24H20N6O4.C17H18N2O6.C9H8BrN3.C5H3Br2N.2CH4/c1-30-14-20(13-28-30)19-9-17(11-27-12-19)7-8-26(24(33)36-3,29-25(34)37-4)16-31-15-18-5-6-21(35-2)10-22(18)23(31)32;1-29-12-18(11-26-29)17-7-15(9-25-10-17)5-6-24(22(32)27-23(33)28-24)14-30-13-16-3-4-19(34-2)8-20(16)21(30)31;1-5-17(15(21)24-3,18-16(22)25-4)10-19-9-11-6-7-12(23-2)8-13(11)14(19)20;1-13-6-8(4-12-13)7-2-9(10)5-11-3-7;6-4-1-5(7)3-8-2-4;;/h5-6,9-14H,15-16H2,1-4H3,(H,29,34);3-4,7-12H,13-14H2,1-2H3,(H2,27,28,32,33);1,6-8H,9-10H2,2-4H3,(H,18,22);2-6H,1H3;1-3H;2*1H4/t26-;24-;17-;;;;/m111..../s1. The average molecular weight is 1810 g/mol. The van der Waals surface area contributed by atoms with Gasteiger partial charge in [0.25, 0.3) is 23.6 Å². The zero-order valence-corrected chi connectivity index (χ0v) is 69.1. The molecule has 0 saturated carbocycles. The summed E-state index contributed by atoms with van der Waals surface area (Å²) in [5.74, 6) is 12.2. The van der Waals surface area contributed by atoms with E-state index < -0.39 is 52.7 Å². The average Bonchev–Trinajstić information content (AvgIpc) is 1.59. The molecule has 0 aliphatic carbocycles. The van der Waals surface area contributed by atoms with Crippen LogP contribution in [0.15, 0.2) is 179 Å². The number of terminal acetylenes is 1. The van der Waals surface area contributed by atoms with Crippen molar-refractivity contribution in [1.29, 1.82) is 0 Å². The van der Waals surface area contributed by atoms with Crippen molar-refractivity contribution >= 4 is 102 Å². The van der Waals surface area contributed by atoms with Crippen molar-refractivity contribution in [2.24, 2.45) is 21.1 Å². The van der Waals surface area contributed by atoms with Crippen LogP contribution in [-0.4, -0.2) is 204 Å². The molecule has 616 valence electrons. The van der Waals surface area contributed by atoms with E-state index in [9.17, 15) is 43.2 Å². The number of nitrogens with zero attached hydrogens (tertiary/aromatic N) is 13. The minimum Gasteiger partial charge on any atom is -0.497 e. The van der Waals surface area contributed by atoms with Gasteiger partial charge in [-0.15, -0.1) is 6.42 Å². The second-order valence-corrected chi connectivity index (χ2v) is 28.6. The van der Waals surface area contributed by atoms with Gasteiger partial charge in [0.2, 0.25) is 16.6 Å². The van der Waals surface area contributed by atoms with Gasteiger partial charge in [-0.05, 0) is 125 Å². The number of aromatic nitrogens is 10. The number of carbonyl (C=O) groups is 9. The number of rotatable bonds is 16. The maximum atomic E-state index is 13.2. The van der Waals surface area contributed by atoms with Gasteiger partial charge in [-0.25, -0.2) is 24.0 Å². The molecule has 4 aliphatic rings. The summed E-state index contributed by atoms with van der Waals surface area (Å²) < 4.78 is 42.6. The minimum atomic E-state index is -1.92. The number of methoxy groups -OCH3 is 7. The van der Waals surface area contributed by atoms with Crippen LogP contribution in [0.3, 0.4) is 0 Å². The molecule has 1 fully saturated rings. The first-order valence-electron chi connectivity index (χ1n) is 34.8. The number of alkyl carbamates (subject to hydrolysis) is 2. The van der Waals surface area contributed by atoms with E-state index in [1.165, 1.54) is 49.3 Å². The molecule has 14 rings (SSSR count). The highest BCUT2D eigenvalue weighted by Gasteiger charge is 2.50. The highest BCUT2D eigenvalue weighted by molar-refractivity contribution is 9.11. The highest BCUT2D eigenvalue weighted by Crippen LogP contribution is 2.33. The molecule has 119 heavy (non-hydrogen) atoms. The molecule has 3 aromatic carbocycles. The first-order chi connectivity index (χ1) is 56.1. The van der Waals surface area contributed by atoms with Crippen LogP contribution in [0.4, 0.5) is 14.4 Å². The van der Waals surface area contributed by atoms with Crippen molar-refractivity contribution < 1.29 is 76.3 Å².